The molecule has 0 aliphatic carbocycles. The number of hydrogen-bond acceptors (Lipinski definition) is 4. The van der Waals surface area contributed by atoms with E-state index in [1.807, 2.05) is 60.6 Å². The fourth-order valence-corrected chi connectivity index (χ4v) is 3.33. The van der Waals surface area contributed by atoms with Crippen LogP contribution in [0.5, 0.6) is 0 Å². The van der Waals surface area contributed by atoms with Crippen molar-refractivity contribution in [2.24, 2.45) is 0 Å². The molecule has 1 N–H and O–H groups in total. The number of benzene rings is 1. The molecule has 0 aliphatic heterocycles. The molecule has 0 saturated carbocycles. The monoisotopic (exact) mass is 328 g/mol. The van der Waals surface area contributed by atoms with Gasteiger partial charge in [-0.25, -0.2) is 0 Å². The highest BCUT2D eigenvalue weighted by molar-refractivity contribution is 7.09. The summed E-state index contributed by atoms with van der Waals surface area (Å²) in [5, 5.41) is 6.10. The molecule has 0 radical (unpaired) electrons. The van der Waals surface area contributed by atoms with Crippen LogP contribution in [0.15, 0.2) is 52.3 Å². The van der Waals surface area contributed by atoms with E-state index < -0.39 is 0 Å². The number of fused-ring (bicyclic) bond motifs is 1. The van der Waals surface area contributed by atoms with Crippen molar-refractivity contribution < 1.29 is 9.21 Å². The molecule has 0 unspecified atom stereocenters. The maximum absolute atomic E-state index is 12.2. The molecule has 5 heteroatoms. The molecule has 0 saturated heterocycles. The van der Waals surface area contributed by atoms with Crippen molar-refractivity contribution in [1.29, 1.82) is 0 Å². The maximum atomic E-state index is 12.2. The van der Waals surface area contributed by atoms with Gasteiger partial charge in [0.1, 0.15) is 11.3 Å². The van der Waals surface area contributed by atoms with Gasteiger partial charge >= 0.3 is 0 Å². The van der Waals surface area contributed by atoms with Crippen LogP contribution in [0, 0.1) is 0 Å². The third-order valence-corrected chi connectivity index (χ3v) is 4.53. The predicted molar refractivity (Wildman–Crippen MR) is 93.4 cm³/mol. The minimum absolute atomic E-state index is 0.00277. The summed E-state index contributed by atoms with van der Waals surface area (Å²) in [4.78, 5) is 15.5. The first-order valence-corrected chi connectivity index (χ1v) is 8.48. The van der Waals surface area contributed by atoms with Crippen LogP contribution in [-0.4, -0.2) is 24.4 Å². The molecule has 1 atom stereocenters. The Balaban J connectivity index is 1.56. The van der Waals surface area contributed by atoms with Gasteiger partial charge in [-0.2, -0.15) is 0 Å². The molecule has 120 valence electrons. The first-order chi connectivity index (χ1) is 11.1. The van der Waals surface area contributed by atoms with Crippen LogP contribution in [-0.2, 0) is 11.3 Å². The number of likely N-dealkylation sites (N-methyl/N-ethyl adjacent to an activating group) is 1. The van der Waals surface area contributed by atoms with Gasteiger partial charge in [0.25, 0.3) is 0 Å². The fraction of sp³-hybridized carbons (Fsp3) is 0.278. The second-order valence-corrected chi connectivity index (χ2v) is 6.76. The Labute approximate surface area is 139 Å². The van der Waals surface area contributed by atoms with E-state index in [-0.39, 0.29) is 11.9 Å². The highest BCUT2D eigenvalue weighted by atomic mass is 32.1. The minimum Gasteiger partial charge on any atom is -0.459 e. The standard InChI is InChI=1S/C18H20N2O2S/c1-13(17-10-14-6-3-4-8-16(14)22-17)19-18(21)12-20(2)11-15-7-5-9-23-15/h3-10,13H,11-12H2,1-2H3,(H,19,21)/t13-/m1/s1. The van der Waals surface area contributed by atoms with E-state index in [4.69, 9.17) is 4.42 Å². The predicted octanol–water partition coefficient (Wildman–Crippen LogP) is 3.80. The fourth-order valence-electron chi connectivity index (χ4n) is 2.54. The zero-order valence-electron chi connectivity index (χ0n) is 13.3. The molecule has 2 heterocycles. The largest absolute Gasteiger partial charge is 0.459 e. The Morgan fingerprint density at radius 3 is 2.87 bits per heavy atom. The molecular formula is C18H20N2O2S. The Kier molecular flexibility index (Phi) is 4.79. The van der Waals surface area contributed by atoms with Crippen LogP contribution in [0.4, 0.5) is 0 Å². The van der Waals surface area contributed by atoms with Crippen LogP contribution in [0.3, 0.4) is 0 Å². The molecule has 3 aromatic rings. The number of rotatable bonds is 6. The third kappa shape index (κ3) is 4.00. The summed E-state index contributed by atoms with van der Waals surface area (Å²) in [6.45, 7) is 3.08. The van der Waals surface area contributed by atoms with Crippen molar-refractivity contribution in [1.82, 2.24) is 10.2 Å². The van der Waals surface area contributed by atoms with Crippen molar-refractivity contribution in [3.05, 3.63) is 58.5 Å². The van der Waals surface area contributed by atoms with Gasteiger partial charge in [0.15, 0.2) is 0 Å². The summed E-state index contributed by atoms with van der Waals surface area (Å²) in [5.41, 5.74) is 0.846. The molecular weight excluding hydrogens is 308 g/mol. The van der Waals surface area contributed by atoms with E-state index in [0.717, 1.165) is 23.3 Å². The molecule has 0 spiro atoms. The number of thiophene rings is 1. The van der Waals surface area contributed by atoms with Crippen LogP contribution in [0.2, 0.25) is 0 Å². The van der Waals surface area contributed by atoms with Gasteiger partial charge in [-0.3, -0.25) is 9.69 Å². The number of nitrogens with zero attached hydrogens (tertiary/aromatic N) is 1. The van der Waals surface area contributed by atoms with Crippen LogP contribution >= 0.6 is 11.3 Å². The number of carbonyl (C=O) groups excluding carboxylic acids is 1. The molecule has 0 aliphatic rings. The SMILES string of the molecule is C[C@@H](NC(=O)CN(C)Cc1cccs1)c1cc2ccccc2o1. The van der Waals surface area contributed by atoms with Crippen molar-refractivity contribution in [2.75, 3.05) is 13.6 Å². The van der Waals surface area contributed by atoms with E-state index in [0.29, 0.717) is 6.54 Å². The van der Waals surface area contributed by atoms with E-state index in [2.05, 4.69) is 11.4 Å². The number of amides is 1. The molecule has 1 aromatic carbocycles. The summed E-state index contributed by atoms with van der Waals surface area (Å²) in [7, 11) is 1.95. The molecule has 0 fully saturated rings. The van der Waals surface area contributed by atoms with Crippen molar-refractivity contribution in [3.63, 3.8) is 0 Å². The normalized spacial score (nSPS) is 12.7. The number of para-hydroxylation sites is 1. The summed E-state index contributed by atoms with van der Waals surface area (Å²) >= 11 is 1.70. The number of carbonyl (C=O) groups is 1. The number of furan rings is 1. The van der Waals surface area contributed by atoms with Gasteiger partial charge in [0, 0.05) is 16.8 Å². The lowest BCUT2D eigenvalue weighted by Gasteiger charge is -2.17. The minimum atomic E-state index is -0.148. The lowest BCUT2D eigenvalue weighted by atomic mass is 10.2. The Bertz CT molecular complexity index is 746. The quantitative estimate of drug-likeness (QED) is 0.748. The van der Waals surface area contributed by atoms with Gasteiger partial charge < -0.3 is 9.73 Å². The second-order valence-electron chi connectivity index (χ2n) is 5.73. The van der Waals surface area contributed by atoms with E-state index >= 15 is 0 Å². The lowest BCUT2D eigenvalue weighted by molar-refractivity contribution is -0.122. The average Bonchev–Trinajstić information content (AvgIpc) is 3.15. The maximum Gasteiger partial charge on any atom is 0.234 e. The van der Waals surface area contributed by atoms with E-state index in [1.165, 1.54) is 4.88 Å². The smallest absolute Gasteiger partial charge is 0.234 e. The summed E-state index contributed by atoms with van der Waals surface area (Å²) < 4.78 is 5.79. The molecule has 23 heavy (non-hydrogen) atoms. The van der Waals surface area contributed by atoms with Gasteiger partial charge in [-0.1, -0.05) is 24.3 Å². The molecule has 4 nitrogen and oxygen atoms in total. The molecule has 3 rings (SSSR count). The summed E-state index contributed by atoms with van der Waals surface area (Å²) in [6, 6.07) is 13.8. The van der Waals surface area contributed by atoms with E-state index in [9.17, 15) is 4.79 Å². The van der Waals surface area contributed by atoms with Crippen LogP contribution in [0.25, 0.3) is 11.0 Å². The topological polar surface area (TPSA) is 45.5 Å². The van der Waals surface area contributed by atoms with Crippen LogP contribution < -0.4 is 5.32 Å². The average molecular weight is 328 g/mol. The van der Waals surface area contributed by atoms with Gasteiger partial charge in [-0.15, -0.1) is 11.3 Å². The van der Waals surface area contributed by atoms with Gasteiger partial charge in [-0.05, 0) is 37.6 Å². The van der Waals surface area contributed by atoms with Gasteiger partial charge in [0.05, 0.1) is 12.6 Å². The lowest BCUT2D eigenvalue weighted by Crippen LogP contribution is -2.36. The summed E-state index contributed by atoms with van der Waals surface area (Å²) in [6.07, 6.45) is 0. The molecule has 1 amide bonds. The highest BCUT2D eigenvalue weighted by Crippen LogP contribution is 2.23. The summed E-state index contributed by atoms with van der Waals surface area (Å²) in [5.74, 6) is 0.775. The van der Waals surface area contributed by atoms with Crippen molar-refractivity contribution in [2.45, 2.75) is 19.5 Å². The number of hydrogen-bond donors (Lipinski definition) is 1. The first-order valence-electron chi connectivity index (χ1n) is 7.60. The van der Waals surface area contributed by atoms with Crippen LogP contribution in [0.1, 0.15) is 23.6 Å². The Morgan fingerprint density at radius 2 is 2.13 bits per heavy atom. The van der Waals surface area contributed by atoms with Gasteiger partial charge in [0.2, 0.25) is 5.91 Å². The first kappa shape index (κ1) is 15.8. The Hall–Kier alpha value is -2.11. The van der Waals surface area contributed by atoms with Crippen molar-refractivity contribution in [3.8, 4) is 0 Å². The molecule has 0 bridgehead atoms. The van der Waals surface area contributed by atoms with Crippen molar-refractivity contribution >= 4 is 28.2 Å². The zero-order valence-corrected chi connectivity index (χ0v) is 14.1. The highest BCUT2D eigenvalue weighted by Gasteiger charge is 2.15. The third-order valence-electron chi connectivity index (χ3n) is 3.67. The van der Waals surface area contributed by atoms with E-state index in [1.54, 1.807) is 11.3 Å². The second kappa shape index (κ2) is 6.98. The molecule has 2 aromatic heterocycles. The Morgan fingerprint density at radius 1 is 1.30 bits per heavy atom. The number of nitrogens with one attached hydrogen (secondary N) is 1. The zero-order chi connectivity index (χ0) is 16.2.